The van der Waals surface area contributed by atoms with E-state index in [1.165, 1.54) is 19.1 Å². The quantitative estimate of drug-likeness (QED) is 0.759. The van der Waals surface area contributed by atoms with Gasteiger partial charge in [-0.25, -0.2) is 0 Å². The van der Waals surface area contributed by atoms with Crippen LogP contribution < -0.4 is 10.1 Å². The van der Waals surface area contributed by atoms with E-state index in [9.17, 15) is 4.79 Å². The van der Waals surface area contributed by atoms with Crippen LogP contribution in [0.4, 0.5) is 0 Å². The van der Waals surface area contributed by atoms with Gasteiger partial charge >= 0.3 is 0 Å². The summed E-state index contributed by atoms with van der Waals surface area (Å²) in [6.45, 7) is 1.50. The topological polar surface area (TPSA) is 87.9 Å². The fourth-order valence-corrected chi connectivity index (χ4v) is 0.936. The Labute approximate surface area is 97.2 Å². The van der Waals surface area contributed by atoms with Gasteiger partial charge in [-0.05, 0) is 13.0 Å². The second kappa shape index (κ2) is 5.28. The molecule has 0 fully saturated rings. The molecule has 1 heterocycles. The van der Waals surface area contributed by atoms with Crippen LogP contribution in [0.25, 0.3) is 0 Å². The second-order valence-corrected chi connectivity index (χ2v) is 3.58. The summed E-state index contributed by atoms with van der Waals surface area (Å²) in [6.07, 6.45) is 0.445. The lowest BCUT2D eigenvalue weighted by molar-refractivity contribution is -0.110. The van der Waals surface area contributed by atoms with E-state index in [1.54, 1.807) is 0 Å². The summed E-state index contributed by atoms with van der Waals surface area (Å²) in [5, 5.41) is 18.6. The SMILES string of the molecule is CC(C#N)(COc1ccc(Cl)nn1)NC=O. The molecule has 0 aliphatic heterocycles. The van der Waals surface area contributed by atoms with Crippen molar-refractivity contribution in [2.45, 2.75) is 12.5 Å². The summed E-state index contributed by atoms with van der Waals surface area (Å²) < 4.78 is 5.19. The van der Waals surface area contributed by atoms with Crippen LogP contribution in [0.2, 0.25) is 5.15 Å². The van der Waals surface area contributed by atoms with Crippen molar-refractivity contribution in [3.63, 3.8) is 0 Å². The van der Waals surface area contributed by atoms with Crippen LogP contribution in [-0.4, -0.2) is 28.8 Å². The molecule has 7 heteroatoms. The van der Waals surface area contributed by atoms with Crippen LogP contribution in [0.5, 0.6) is 5.88 Å². The standard InChI is InChI=1S/C9H9ClN4O2/c1-9(4-11,12-6-15)5-16-8-3-2-7(10)13-14-8/h2-3,6H,5H2,1H3,(H,12,15). The minimum Gasteiger partial charge on any atom is -0.473 e. The Morgan fingerprint density at radius 2 is 2.44 bits per heavy atom. The third-order valence-electron chi connectivity index (χ3n) is 1.74. The number of rotatable bonds is 5. The molecule has 1 rings (SSSR count). The molecule has 0 spiro atoms. The molecule has 0 radical (unpaired) electrons. The first-order chi connectivity index (χ1) is 7.59. The van der Waals surface area contributed by atoms with Gasteiger partial charge in [0.1, 0.15) is 6.61 Å². The summed E-state index contributed by atoms with van der Waals surface area (Å²) in [5.41, 5.74) is -1.09. The molecular weight excluding hydrogens is 232 g/mol. The van der Waals surface area contributed by atoms with Crippen molar-refractivity contribution in [2.75, 3.05) is 6.61 Å². The Kier molecular flexibility index (Phi) is 4.03. The third kappa shape index (κ3) is 3.37. The summed E-state index contributed by atoms with van der Waals surface area (Å²) in [7, 11) is 0. The Morgan fingerprint density at radius 1 is 1.69 bits per heavy atom. The third-order valence-corrected chi connectivity index (χ3v) is 1.94. The molecule has 0 saturated heterocycles. The number of halogens is 1. The largest absolute Gasteiger partial charge is 0.473 e. The molecule has 1 aromatic rings. The normalized spacial score (nSPS) is 13.3. The molecule has 84 valence electrons. The lowest BCUT2D eigenvalue weighted by Crippen LogP contribution is -2.45. The molecule has 1 aromatic heterocycles. The van der Waals surface area contributed by atoms with Gasteiger partial charge in [-0.2, -0.15) is 5.26 Å². The van der Waals surface area contributed by atoms with E-state index in [0.717, 1.165) is 0 Å². The number of amides is 1. The van der Waals surface area contributed by atoms with Crippen molar-refractivity contribution < 1.29 is 9.53 Å². The van der Waals surface area contributed by atoms with Gasteiger partial charge < -0.3 is 10.1 Å². The molecule has 1 unspecified atom stereocenters. The first-order valence-corrected chi connectivity index (χ1v) is 4.72. The molecule has 16 heavy (non-hydrogen) atoms. The van der Waals surface area contributed by atoms with E-state index in [1.807, 2.05) is 6.07 Å². The van der Waals surface area contributed by atoms with E-state index < -0.39 is 5.54 Å². The predicted molar refractivity (Wildman–Crippen MR) is 55.8 cm³/mol. The molecule has 0 bridgehead atoms. The van der Waals surface area contributed by atoms with E-state index in [2.05, 4.69) is 15.5 Å². The molecule has 0 aliphatic rings. The zero-order valence-corrected chi connectivity index (χ0v) is 9.23. The van der Waals surface area contributed by atoms with Gasteiger partial charge in [0.2, 0.25) is 12.3 Å². The van der Waals surface area contributed by atoms with Gasteiger partial charge in [0, 0.05) is 6.07 Å². The Morgan fingerprint density at radius 3 is 2.94 bits per heavy atom. The van der Waals surface area contributed by atoms with Crippen molar-refractivity contribution in [2.24, 2.45) is 0 Å². The number of aromatic nitrogens is 2. The average molecular weight is 241 g/mol. The molecule has 0 aliphatic carbocycles. The number of nitriles is 1. The van der Waals surface area contributed by atoms with Crippen LogP contribution in [0, 0.1) is 11.3 Å². The number of carbonyl (C=O) groups is 1. The van der Waals surface area contributed by atoms with Gasteiger partial charge in [-0.15, -0.1) is 10.2 Å². The monoisotopic (exact) mass is 240 g/mol. The fraction of sp³-hybridized carbons (Fsp3) is 0.333. The maximum Gasteiger partial charge on any atom is 0.233 e. The second-order valence-electron chi connectivity index (χ2n) is 3.19. The number of hydrogen-bond donors (Lipinski definition) is 1. The van der Waals surface area contributed by atoms with Crippen LogP contribution in [-0.2, 0) is 4.79 Å². The number of hydrogen-bond acceptors (Lipinski definition) is 5. The number of nitrogens with zero attached hydrogens (tertiary/aromatic N) is 3. The van der Waals surface area contributed by atoms with Gasteiger partial charge in [0.25, 0.3) is 0 Å². The minimum absolute atomic E-state index is 0.0292. The van der Waals surface area contributed by atoms with Crippen molar-refractivity contribution in [3.05, 3.63) is 17.3 Å². The van der Waals surface area contributed by atoms with Crippen LogP contribution in [0.3, 0.4) is 0 Å². The van der Waals surface area contributed by atoms with E-state index in [4.69, 9.17) is 21.6 Å². The average Bonchev–Trinajstić information content (AvgIpc) is 2.29. The van der Waals surface area contributed by atoms with Crippen LogP contribution in [0.1, 0.15) is 6.92 Å². The fourth-order valence-electron chi connectivity index (χ4n) is 0.835. The van der Waals surface area contributed by atoms with E-state index >= 15 is 0 Å². The summed E-state index contributed by atoms with van der Waals surface area (Å²) in [4.78, 5) is 10.3. The van der Waals surface area contributed by atoms with Crippen molar-refractivity contribution in [1.82, 2.24) is 15.5 Å². The van der Waals surface area contributed by atoms with Crippen molar-refractivity contribution in [3.8, 4) is 11.9 Å². The summed E-state index contributed by atoms with van der Waals surface area (Å²) in [6, 6.07) is 4.96. The molecule has 1 amide bonds. The number of ether oxygens (including phenoxy) is 1. The highest BCUT2D eigenvalue weighted by Crippen LogP contribution is 2.10. The van der Waals surface area contributed by atoms with Crippen LogP contribution in [0.15, 0.2) is 12.1 Å². The van der Waals surface area contributed by atoms with E-state index in [-0.39, 0.29) is 17.6 Å². The number of nitrogens with one attached hydrogen (secondary N) is 1. The molecule has 6 nitrogen and oxygen atoms in total. The van der Waals surface area contributed by atoms with Gasteiger partial charge in [-0.3, -0.25) is 4.79 Å². The zero-order chi connectivity index (χ0) is 12.0. The maximum atomic E-state index is 10.3. The first kappa shape index (κ1) is 12.2. The minimum atomic E-state index is -1.09. The predicted octanol–water partition coefficient (Wildman–Crippen LogP) is 0.537. The van der Waals surface area contributed by atoms with Crippen LogP contribution >= 0.6 is 11.6 Å². The smallest absolute Gasteiger partial charge is 0.233 e. The van der Waals surface area contributed by atoms with E-state index in [0.29, 0.717) is 6.41 Å². The number of carbonyl (C=O) groups excluding carboxylic acids is 1. The van der Waals surface area contributed by atoms with Gasteiger partial charge in [0.05, 0.1) is 6.07 Å². The molecular formula is C9H9ClN4O2. The lowest BCUT2D eigenvalue weighted by atomic mass is 10.1. The Balaban J connectivity index is 2.60. The van der Waals surface area contributed by atoms with Gasteiger partial charge in [0.15, 0.2) is 10.7 Å². The lowest BCUT2D eigenvalue weighted by Gasteiger charge is -2.19. The Hall–Kier alpha value is -1.87. The highest BCUT2D eigenvalue weighted by Gasteiger charge is 2.24. The molecule has 0 saturated carbocycles. The summed E-state index contributed by atoms with van der Waals surface area (Å²) >= 11 is 5.54. The first-order valence-electron chi connectivity index (χ1n) is 4.34. The van der Waals surface area contributed by atoms with Crippen molar-refractivity contribution in [1.29, 1.82) is 5.26 Å². The highest BCUT2D eigenvalue weighted by molar-refractivity contribution is 6.29. The van der Waals surface area contributed by atoms with Crippen molar-refractivity contribution >= 4 is 18.0 Å². The summed E-state index contributed by atoms with van der Waals surface area (Å²) in [5.74, 6) is 0.235. The molecule has 1 atom stereocenters. The van der Waals surface area contributed by atoms with Gasteiger partial charge in [-0.1, -0.05) is 11.6 Å². The maximum absolute atomic E-state index is 10.3. The molecule has 0 aromatic carbocycles. The highest BCUT2D eigenvalue weighted by atomic mass is 35.5. The molecule has 1 N–H and O–H groups in total. The Bertz CT molecular complexity index is 403. The zero-order valence-electron chi connectivity index (χ0n) is 8.48.